The van der Waals surface area contributed by atoms with Crippen LogP contribution in [0.3, 0.4) is 0 Å². The Morgan fingerprint density at radius 2 is 2.00 bits per heavy atom. The van der Waals surface area contributed by atoms with Crippen molar-refractivity contribution in [2.24, 2.45) is 0 Å². The standard InChI is InChI=1S/C18H31NO2S/c1-7-8-12-21-14(2)17(19-22-18(3,4)5)15-10-9-11-16(13-15)20-6/h9-11,13-14,17,19H,7-8,12H2,1-6H3/p+1/t14-,17+/m0/s1. The van der Waals surface area contributed by atoms with Crippen molar-refractivity contribution in [1.29, 1.82) is 0 Å². The Hall–Kier alpha value is -0.710. The smallest absolute Gasteiger partial charge is 0.136 e. The molecule has 0 unspecified atom stereocenters. The Morgan fingerprint density at radius 1 is 1.27 bits per heavy atom. The van der Waals surface area contributed by atoms with Crippen LogP contribution < -0.4 is 9.46 Å². The van der Waals surface area contributed by atoms with Crippen LogP contribution >= 0.6 is 0 Å². The van der Waals surface area contributed by atoms with E-state index in [1.165, 1.54) is 17.5 Å². The first-order valence-electron chi connectivity index (χ1n) is 8.10. The molecular formula is C18H32NO2S+. The molecule has 0 aliphatic carbocycles. The predicted octanol–water partition coefficient (Wildman–Crippen LogP) is 4.06. The van der Waals surface area contributed by atoms with Gasteiger partial charge in [-0.3, -0.25) is 0 Å². The van der Waals surface area contributed by atoms with Gasteiger partial charge in [-0.25, -0.2) is 0 Å². The molecule has 0 radical (unpaired) electrons. The van der Waals surface area contributed by atoms with Crippen molar-refractivity contribution < 1.29 is 9.47 Å². The molecule has 1 aromatic rings. The number of methoxy groups -OCH3 is 1. The molecule has 0 amide bonds. The number of hydrogen-bond donors (Lipinski definition) is 1. The Balaban J connectivity index is 2.84. The van der Waals surface area contributed by atoms with Gasteiger partial charge in [-0.1, -0.05) is 25.5 Å². The molecule has 0 fully saturated rings. The highest BCUT2D eigenvalue weighted by Crippen LogP contribution is 2.24. The van der Waals surface area contributed by atoms with Gasteiger partial charge in [0.2, 0.25) is 0 Å². The summed E-state index contributed by atoms with van der Waals surface area (Å²) >= 11 is 1.21. The normalized spacial score (nSPS) is 14.6. The molecule has 126 valence electrons. The van der Waals surface area contributed by atoms with E-state index in [0.717, 1.165) is 25.2 Å². The van der Waals surface area contributed by atoms with Gasteiger partial charge < -0.3 is 9.47 Å². The molecule has 2 atom stereocenters. The lowest BCUT2D eigenvalue weighted by molar-refractivity contribution is 0.0428. The van der Waals surface area contributed by atoms with Crippen LogP contribution in [-0.4, -0.2) is 24.6 Å². The molecular weight excluding hydrogens is 294 g/mol. The van der Waals surface area contributed by atoms with Crippen LogP contribution in [0.1, 0.15) is 59.1 Å². The van der Waals surface area contributed by atoms with Crippen molar-refractivity contribution in [2.75, 3.05) is 13.7 Å². The van der Waals surface area contributed by atoms with E-state index in [2.05, 4.69) is 51.5 Å². The Labute approximate surface area is 140 Å². The molecule has 0 saturated carbocycles. The summed E-state index contributed by atoms with van der Waals surface area (Å²) in [5.74, 6) is 0.887. The van der Waals surface area contributed by atoms with Crippen molar-refractivity contribution in [2.45, 2.75) is 64.4 Å². The molecule has 1 aromatic carbocycles. The monoisotopic (exact) mass is 326 g/mol. The maximum absolute atomic E-state index is 6.03. The second kappa shape index (κ2) is 9.43. The summed E-state index contributed by atoms with van der Waals surface area (Å²) in [6, 6.07) is 8.40. The van der Waals surface area contributed by atoms with Gasteiger partial charge in [0, 0.05) is 6.61 Å². The number of nitrogens with one attached hydrogen (secondary N) is 1. The van der Waals surface area contributed by atoms with Crippen molar-refractivity contribution in [1.82, 2.24) is 4.72 Å². The van der Waals surface area contributed by atoms with Gasteiger partial charge in [0.1, 0.15) is 16.5 Å². The van der Waals surface area contributed by atoms with Gasteiger partial charge in [0.05, 0.1) is 25.2 Å². The predicted molar refractivity (Wildman–Crippen MR) is 97.7 cm³/mol. The fraction of sp³-hybridized carbons (Fsp3) is 0.667. The van der Waals surface area contributed by atoms with Crippen molar-refractivity contribution in [3.63, 3.8) is 0 Å². The highest BCUT2D eigenvalue weighted by atomic mass is 32.2. The molecule has 0 heterocycles. The second-order valence-electron chi connectivity index (χ2n) is 6.60. The van der Waals surface area contributed by atoms with Crippen molar-refractivity contribution >= 4 is 11.9 Å². The lowest BCUT2D eigenvalue weighted by Crippen LogP contribution is -2.37. The van der Waals surface area contributed by atoms with Crippen molar-refractivity contribution in [3.8, 4) is 5.75 Å². The van der Waals surface area contributed by atoms with E-state index in [1.807, 2.05) is 12.1 Å². The maximum atomic E-state index is 6.03. The van der Waals surface area contributed by atoms with Crippen LogP contribution in [-0.2, 0) is 16.7 Å². The van der Waals surface area contributed by atoms with Gasteiger partial charge in [0.25, 0.3) is 0 Å². The van der Waals surface area contributed by atoms with Crippen molar-refractivity contribution in [3.05, 3.63) is 29.8 Å². The molecule has 4 heteroatoms. The summed E-state index contributed by atoms with van der Waals surface area (Å²) in [5.41, 5.74) is 1.21. The van der Waals surface area contributed by atoms with E-state index in [-0.39, 0.29) is 16.9 Å². The molecule has 0 aliphatic rings. The van der Waals surface area contributed by atoms with E-state index in [1.54, 1.807) is 7.11 Å². The number of unbranched alkanes of at least 4 members (excludes halogenated alkanes) is 1. The second-order valence-corrected chi connectivity index (χ2v) is 8.42. The first-order valence-corrected chi connectivity index (χ1v) is 8.99. The highest BCUT2D eigenvalue weighted by molar-refractivity contribution is 7.77. The lowest BCUT2D eigenvalue weighted by Gasteiger charge is -2.24. The molecule has 0 spiro atoms. The Bertz CT molecular complexity index is 431. The van der Waals surface area contributed by atoms with E-state index in [9.17, 15) is 0 Å². The molecule has 1 rings (SSSR count). The number of benzene rings is 1. The average molecular weight is 327 g/mol. The van der Waals surface area contributed by atoms with Crippen LogP contribution in [0.4, 0.5) is 0 Å². The Morgan fingerprint density at radius 3 is 2.59 bits per heavy atom. The van der Waals surface area contributed by atoms with Crippen LogP contribution in [0.5, 0.6) is 5.75 Å². The fourth-order valence-corrected chi connectivity index (χ4v) is 2.94. The zero-order chi connectivity index (χ0) is 16.6. The third-order valence-electron chi connectivity index (χ3n) is 3.34. The first-order chi connectivity index (χ1) is 10.4. The van der Waals surface area contributed by atoms with Gasteiger partial charge in [0.15, 0.2) is 0 Å². The van der Waals surface area contributed by atoms with Gasteiger partial charge in [-0.05, 0) is 51.8 Å². The minimum atomic E-state index is 0.119. The summed E-state index contributed by atoms with van der Waals surface area (Å²) in [6.45, 7) is 11.8. The molecule has 22 heavy (non-hydrogen) atoms. The zero-order valence-electron chi connectivity index (χ0n) is 14.8. The molecule has 1 N–H and O–H groups in total. The number of rotatable bonds is 9. The number of ether oxygens (including phenoxy) is 2. The quantitative estimate of drug-likeness (QED) is 0.422. The SMILES string of the molecule is CCCCO[C@@H](C)[C@@H](N[SH+]C(C)(C)C)c1cccc(OC)c1. The summed E-state index contributed by atoms with van der Waals surface area (Å²) in [4.78, 5) is 0. The maximum Gasteiger partial charge on any atom is 0.136 e. The fourth-order valence-electron chi connectivity index (χ4n) is 2.06. The summed E-state index contributed by atoms with van der Waals surface area (Å²) in [6.07, 6.45) is 2.38. The topological polar surface area (TPSA) is 30.5 Å². The minimum absolute atomic E-state index is 0.119. The molecule has 3 nitrogen and oxygen atoms in total. The molecule has 0 saturated heterocycles. The van der Waals surface area contributed by atoms with Gasteiger partial charge in [-0.15, -0.1) is 4.72 Å². The van der Waals surface area contributed by atoms with Crippen LogP contribution in [0.2, 0.25) is 0 Å². The first kappa shape index (κ1) is 19.3. The van der Waals surface area contributed by atoms with Gasteiger partial charge >= 0.3 is 0 Å². The van der Waals surface area contributed by atoms with E-state index in [0.29, 0.717) is 0 Å². The van der Waals surface area contributed by atoms with Crippen LogP contribution in [0, 0.1) is 0 Å². The molecule has 0 aliphatic heterocycles. The van der Waals surface area contributed by atoms with Gasteiger partial charge in [-0.2, -0.15) is 0 Å². The lowest BCUT2D eigenvalue weighted by atomic mass is 10.0. The summed E-state index contributed by atoms with van der Waals surface area (Å²) in [7, 11) is 1.70. The molecule has 0 aromatic heterocycles. The highest BCUT2D eigenvalue weighted by Gasteiger charge is 2.28. The number of thiol groups is 1. The third-order valence-corrected chi connectivity index (χ3v) is 4.42. The largest absolute Gasteiger partial charge is 0.497 e. The molecule has 0 bridgehead atoms. The zero-order valence-corrected chi connectivity index (χ0v) is 15.7. The average Bonchev–Trinajstić information content (AvgIpc) is 2.47. The third kappa shape index (κ3) is 7.03. The van der Waals surface area contributed by atoms with E-state index in [4.69, 9.17) is 9.47 Å². The van der Waals surface area contributed by atoms with E-state index >= 15 is 0 Å². The number of hydrogen-bond acceptors (Lipinski definition) is 3. The van der Waals surface area contributed by atoms with Crippen LogP contribution in [0.15, 0.2) is 24.3 Å². The minimum Gasteiger partial charge on any atom is -0.497 e. The van der Waals surface area contributed by atoms with Crippen LogP contribution in [0.25, 0.3) is 0 Å². The van der Waals surface area contributed by atoms with E-state index < -0.39 is 0 Å². The summed E-state index contributed by atoms with van der Waals surface area (Å²) < 4.78 is 15.2. The summed E-state index contributed by atoms with van der Waals surface area (Å²) in [5, 5.41) is 0. The Kier molecular flexibility index (Phi) is 8.29.